The zero-order chi connectivity index (χ0) is 21.9. The van der Waals surface area contributed by atoms with Crippen LogP contribution in [0.4, 0.5) is 0 Å². The third kappa shape index (κ3) is 8.76. The highest BCUT2D eigenvalue weighted by molar-refractivity contribution is 5.70. The van der Waals surface area contributed by atoms with Crippen LogP contribution in [-0.4, -0.2) is 63.0 Å². The Morgan fingerprint density at radius 1 is 0.700 bits per heavy atom. The van der Waals surface area contributed by atoms with E-state index in [1.165, 1.54) is 0 Å². The van der Waals surface area contributed by atoms with E-state index in [4.69, 9.17) is 9.47 Å². The third-order valence-corrected chi connectivity index (χ3v) is 4.51. The maximum atomic E-state index is 11.8. The second-order valence-electron chi connectivity index (χ2n) is 7.83. The number of ether oxygens (including phenoxy) is 2. The molecule has 0 aliphatic heterocycles. The van der Waals surface area contributed by atoms with Crippen molar-refractivity contribution in [3.8, 4) is 11.1 Å². The molecule has 0 aliphatic carbocycles. The molecule has 0 heterocycles. The summed E-state index contributed by atoms with van der Waals surface area (Å²) in [6.07, 6.45) is 0.754. The molecule has 0 amide bonds. The first kappa shape index (κ1) is 23.6. The lowest BCUT2D eigenvalue weighted by Crippen LogP contribution is -2.17. The van der Waals surface area contributed by atoms with E-state index >= 15 is 0 Å². The van der Waals surface area contributed by atoms with Crippen LogP contribution in [0.2, 0.25) is 0 Å². The molecule has 0 N–H and O–H groups in total. The van der Waals surface area contributed by atoms with Gasteiger partial charge in [-0.15, -0.1) is 0 Å². The lowest BCUT2D eigenvalue weighted by Gasteiger charge is -2.11. The van der Waals surface area contributed by atoms with Gasteiger partial charge >= 0.3 is 11.9 Å². The fourth-order valence-corrected chi connectivity index (χ4v) is 2.78. The van der Waals surface area contributed by atoms with E-state index in [1.807, 2.05) is 86.5 Å². The Hall–Kier alpha value is -2.70. The van der Waals surface area contributed by atoms with Crippen molar-refractivity contribution in [2.75, 3.05) is 41.3 Å². The van der Waals surface area contributed by atoms with Crippen LogP contribution in [0, 0.1) is 0 Å². The first-order valence-electron chi connectivity index (χ1n) is 10.1. The highest BCUT2D eigenvalue weighted by Crippen LogP contribution is 2.22. The van der Waals surface area contributed by atoms with E-state index in [9.17, 15) is 9.59 Å². The van der Waals surface area contributed by atoms with Crippen molar-refractivity contribution in [3.63, 3.8) is 0 Å². The molecule has 2 aromatic rings. The summed E-state index contributed by atoms with van der Waals surface area (Å²) in [6.45, 7) is 1.85. The number of benzene rings is 2. The summed E-state index contributed by atoms with van der Waals surface area (Å²) in [5, 5.41) is 0. The first-order chi connectivity index (χ1) is 14.3. The highest BCUT2D eigenvalue weighted by Gasteiger charge is 2.07. The van der Waals surface area contributed by atoms with Gasteiger partial charge in [-0.05, 0) is 62.6 Å². The van der Waals surface area contributed by atoms with Crippen LogP contribution >= 0.6 is 0 Å². The maximum Gasteiger partial charge on any atom is 0.307 e. The summed E-state index contributed by atoms with van der Waals surface area (Å²) >= 11 is 0. The molecule has 0 aromatic heterocycles. The van der Waals surface area contributed by atoms with Crippen molar-refractivity contribution in [2.24, 2.45) is 0 Å². The summed E-state index contributed by atoms with van der Waals surface area (Å²) in [5.74, 6) is -0.403. The van der Waals surface area contributed by atoms with Gasteiger partial charge in [-0.3, -0.25) is 9.59 Å². The molecule has 0 fully saturated rings. The van der Waals surface area contributed by atoms with E-state index in [1.54, 1.807) is 0 Å². The van der Waals surface area contributed by atoms with E-state index in [0.717, 1.165) is 22.3 Å². The van der Waals surface area contributed by atoms with Crippen molar-refractivity contribution in [3.05, 3.63) is 59.7 Å². The van der Waals surface area contributed by atoms with Gasteiger partial charge in [-0.1, -0.05) is 36.4 Å². The van der Waals surface area contributed by atoms with Gasteiger partial charge in [0.25, 0.3) is 0 Å². The molecule has 0 spiro atoms. The van der Waals surface area contributed by atoms with Gasteiger partial charge in [-0.2, -0.15) is 0 Å². The lowest BCUT2D eigenvalue weighted by atomic mass is 10.0. The average molecular weight is 413 g/mol. The third-order valence-electron chi connectivity index (χ3n) is 4.51. The van der Waals surface area contributed by atoms with Crippen molar-refractivity contribution in [2.45, 2.75) is 26.1 Å². The monoisotopic (exact) mass is 412 g/mol. The topological polar surface area (TPSA) is 59.1 Å². The number of hydrogen-bond acceptors (Lipinski definition) is 6. The molecule has 6 nitrogen and oxygen atoms in total. The van der Waals surface area contributed by atoms with Gasteiger partial charge in [0.1, 0.15) is 13.2 Å². The second-order valence-corrected chi connectivity index (χ2v) is 7.83. The van der Waals surface area contributed by atoms with Crippen LogP contribution in [0.15, 0.2) is 48.5 Å². The standard InChI is InChI=1S/C24H32N2O4/c1-25(2)13-11-23(27)29-17-19-7-5-9-21(15-19)22-10-6-8-20(16-22)18-30-24(28)12-14-26(3)4/h5-10,15-16H,11-14,17-18H2,1-4H3. The summed E-state index contributed by atoms with van der Waals surface area (Å²) in [5.41, 5.74) is 3.92. The minimum Gasteiger partial charge on any atom is -0.461 e. The Kier molecular flexibility index (Phi) is 9.51. The number of nitrogens with zero attached hydrogens (tertiary/aromatic N) is 2. The minimum atomic E-state index is -0.202. The fraction of sp³-hybridized carbons (Fsp3) is 0.417. The SMILES string of the molecule is CN(C)CCC(=O)OCc1cccc(-c2cccc(COC(=O)CCN(C)C)c2)c1. The van der Waals surface area contributed by atoms with Gasteiger partial charge < -0.3 is 19.3 Å². The van der Waals surface area contributed by atoms with E-state index in [-0.39, 0.29) is 25.2 Å². The van der Waals surface area contributed by atoms with Gasteiger partial charge in [0.05, 0.1) is 12.8 Å². The molecule has 2 rings (SSSR count). The molecule has 6 heteroatoms. The van der Waals surface area contributed by atoms with Crippen LogP contribution in [0.5, 0.6) is 0 Å². The van der Waals surface area contributed by atoms with Crippen molar-refractivity contribution in [1.82, 2.24) is 9.80 Å². The number of hydrogen-bond donors (Lipinski definition) is 0. The van der Waals surface area contributed by atoms with Crippen molar-refractivity contribution in [1.29, 1.82) is 0 Å². The molecule has 0 atom stereocenters. The van der Waals surface area contributed by atoms with Gasteiger partial charge in [0, 0.05) is 13.1 Å². The Bertz CT molecular complexity index is 764. The van der Waals surface area contributed by atoms with Gasteiger partial charge in [0.2, 0.25) is 0 Å². The smallest absolute Gasteiger partial charge is 0.307 e. The zero-order valence-corrected chi connectivity index (χ0v) is 18.4. The maximum absolute atomic E-state index is 11.8. The molecule has 2 aromatic carbocycles. The normalized spacial score (nSPS) is 11.0. The molecular weight excluding hydrogens is 380 g/mol. The molecule has 0 radical (unpaired) electrons. The Balaban J connectivity index is 1.94. The van der Waals surface area contributed by atoms with E-state index in [0.29, 0.717) is 25.9 Å². The average Bonchev–Trinajstić information content (AvgIpc) is 2.73. The van der Waals surface area contributed by atoms with Crippen LogP contribution in [0.3, 0.4) is 0 Å². The molecule has 30 heavy (non-hydrogen) atoms. The molecule has 162 valence electrons. The van der Waals surface area contributed by atoms with Crippen LogP contribution < -0.4 is 0 Å². The van der Waals surface area contributed by atoms with Crippen LogP contribution in [0.1, 0.15) is 24.0 Å². The van der Waals surface area contributed by atoms with E-state index < -0.39 is 0 Å². The molecule has 0 aliphatic rings. The van der Waals surface area contributed by atoms with Crippen molar-refractivity contribution >= 4 is 11.9 Å². The molecule has 0 saturated carbocycles. The number of esters is 2. The number of carbonyl (C=O) groups is 2. The Morgan fingerprint density at radius 3 is 1.47 bits per heavy atom. The molecular formula is C24H32N2O4. The molecule has 0 saturated heterocycles. The number of carbonyl (C=O) groups excluding carboxylic acids is 2. The molecule has 0 unspecified atom stereocenters. The first-order valence-corrected chi connectivity index (χ1v) is 10.1. The second kappa shape index (κ2) is 12.1. The number of rotatable bonds is 11. The largest absolute Gasteiger partial charge is 0.461 e. The minimum absolute atomic E-state index is 0.202. The van der Waals surface area contributed by atoms with Gasteiger partial charge in [-0.25, -0.2) is 0 Å². The predicted molar refractivity (Wildman–Crippen MR) is 118 cm³/mol. The van der Waals surface area contributed by atoms with Crippen LogP contribution in [-0.2, 0) is 32.3 Å². The van der Waals surface area contributed by atoms with Crippen LogP contribution in [0.25, 0.3) is 11.1 Å². The summed E-state index contributed by atoms with van der Waals surface area (Å²) in [4.78, 5) is 27.6. The zero-order valence-electron chi connectivity index (χ0n) is 18.4. The highest BCUT2D eigenvalue weighted by atomic mass is 16.5. The van der Waals surface area contributed by atoms with Gasteiger partial charge in [0.15, 0.2) is 0 Å². The lowest BCUT2D eigenvalue weighted by molar-refractivity contribution is -0.146. The molecule has 0 bridgehead atoms. The summed E-state index contributed by atoms with van der Waals surface area (Å²) in [7, 11) is 7.70. The predicted octanol–water partition coefficient (Wildman–Crippen LogP) is 3.34. The Morgan fingerprint density at radius 2 is 1.10 bits per heavy atom. The summed E-state index contributed by atoms with van der Waals surface area (Å²) < 4.78 is 10.7. The quantitative estimate of drug-likeness (QED) is 0.528. The fourth-order valence-electron chi connectivity index (χ4n) is 2.78. The summed E-state index contributed by atoms with van der Waals surface area (Å²) in [6, 6.07) is 15.8. The van der Waals surface area contributed by atoms with Crippen molar-refractivity contribution < 1.29 is 19.1 Å². The Labute approximate surface area is 179 Å². The van der Waals surface area contributed by atoms with E-state index in [2.05, 4.69) is 0 Å².